The third-order valence-corrected chi connectivity index (χ3v) is 12.8. The molecule has 1 heterocycles. The Morgan fingerprint density at radius 1 is 0.233 bits per heavy atom. The molecule has 0 bridgehead atoms. The molecule has 10 aromatic carbocycles. The Balaban J connectivity index is 0.896. The summed E-state index contributed by atoms with van der Waals surface area (Å²) >= 11 is 1.86. The maximum Gasteiger partial charge on any atom is 0.0476 e. The van der Waals surface area contributed by atoms with Crippen molar-refractivity contribution >= 4 is 59.3 Å². The first-order valence-electron chi connectivity index (χ1n) is 20.5. The summed E-state index contributed by atoms with van der Waals surface area (Å²) in [6.45, 7) is 0. The van der Waals surface area contributed by atoms with Gasteiger partial charge >= 0.3 is 0 Å². The van der Waals surface area contributed by atoms with Gasteiger partial charge in [-0.25, -0.2) is 0 Å². The van der Waals surface area contributed by atoms with Crippen molar-refractivity contribution in [3.05, 3.63) is 237 Å². The van der Waals surface area contributed by atoms with E-state index in [1.165, 1.54) is 86.6 Å². The van der Waals surface area contributed by atoms with Crippen molar-refractivity contribution in [1.29, 1.82) is 0 Å². The Hall–Kier alpha value is -7.52. The first-order chi connectivity index (χ1) is 29.7. The largest absolute Gasteiger partial charge is 0.310 e. The monoisotopic (exact) mass is 781 g/mol. The van der Waals surface area contributed by atoms with E-state index in [4.69, 9.17) is 0 Å². The fraction of sp³-hybridized carbons (Fsp3) is 0. The number of anilines is 3. The van der Waals surface area contributed by atoms with Crippen molar-refractivity contribution in [3.8, 4) is 55.6 Å². The molecule has 60 heavy (non-hydrogen) atoms. The van der Waals surface area contributed by atoms with E-state index in [9.17, 15) is 0 Å². The molecule has 11 aromatic rings. The Labute approximate surface area is 354 Å². The molecular weight excluding hydrogens is 743 g/mol. The summed E-state index contributed by atoms with van der Waals surface area (Å²) in [5, 5.41) is 5.13. The number of nitrogens with zero attached hydrogens (tertiary/aromatic N) is 1. The van der Waals surface area contributed by atoms with Crippen LogP contribution in [0.2, 0.25) is 0 Å². The Kier molecular flexibility index (Phi) is 9.11. The van der Waals surface area contributed by atoms with Gasteiger partial charge in [-0.05, 0) is 121 Å². The molecule has 0 atom stereocenters. The van der Waals surface area contributed by atoms with E-state index in [-0.39, 0.29) is 0 Å². The van der Waals surface area contributed by atoms with Gasteiger partial charge in [0.1, 0.15) is 0 Å². The fourth-order valence-corrected chi connectivity index (χ4v) is 9.63. The van der Waals surface area contributed by atoms with Crippen LogP contribution in [0.1, 0.15) is 0 Å². The van der Waals surface area contributed by atoms with Crippen molar-refractivity contribution in [2.75, 3.05) is 4.90 Å². The lowest BCUT2D eigenvalue weighted by molar-refractivity contribution is 1.29. The highest BCUT2D eigenvalue weighted by molar-refractivity contribution is 7.25. The topological polar surface area (TPSA) is 3.24 Å². The smallest absolute Gasteiger partial charge is 0.0476 e. The number of hydrogen-bond acceptors (Lipinski definition) is 2. The zero-order valence-electron chi connectivity index (χ0n) is 32.9. The molecule has 1 aromatic heterocycles. The molecule has 0 unspecified atom stereocenters. The molecule has 0 aliphatic carbocycles. The lowest BCUT2D eigenvalue weighted by Crippen LogP contribution is -2.09. The van der Waals surface area contributed by atoms with Crippen LogP contribution < -0.4 is 4.90 Å². The highest BCUT2D eigenvalue weighted by Gasteiger charge is 2.16. The second kappa shape index (κ2) is 15.3. The minimum absolute atomic E-state index is 1.11. The lowest BCUT2D eigenvalue weighted by atomic mass is 9.96. The van der Waals surface area contributed by atoms with E-state index in [0.29, 0.717) is 0 Å². The van der Waals surface area contributed by atoms with Crippen LogP contribution in [0.3, 0.4) is 0 Å². The van der Waals surface area contributed by atoms with E-state index in [0.717, 1.165) is 17.1 Å². The van der Waals surface area contributed by atoms with Crippen molar-refractivity contribution in [1.82, 2.24) is 0 Å². The third-order valence-electron chi connectivity index (χ3n) is 11.7. The molecule has 0 amide bonds. The molecule has 1 nitrogen and oxygen atoms in total. The Morgan fingerprint density at radius 2 is 0.650 bits per heavy atom. The number of thiophene rings is 1. The van der Waals surface area contributed by atoms with Crippen molar-refractivity contribution in [2.45, 2.75) is 0 Å². The summed E-state index contributed by atoms with van der Waals surface area (Å²) in [5.41, 5.74) is 15.5. The number of hydrogen-bond donors (Lipinski definition) is 0. The second-order valence-corrected chi connectivity index (χ2v) is 16.5. The van der Waals surface area contributed by atoms with Gasteiger partial charge in [-0.15, -0.1) is 11.3 Å². The zero-order valence-corrected chi connectivity index (χ0v) is 33.7. The molecule has 0 spiro atoms. The first-order valence-corrected chi connectivity index (χ1v) is 21.3. The van der Waals surface area contributed by atoms with Gasteiger partial charge in [-0.2, -0.15) is 0 Å². The van der Waals surface area contributed by atoms with Crippen molar-refractivity contribution in [3.63, 3.8) is 0 Å². The zero-order chi connectivity index (χ0) is 39.8. The molecule has 0 saturated carbocycles. The second-order valence-electron chi connectivity index (χ2n) is 15.4. The maximum atomic E-state index is 2.38. The summed E-state index contributed by atoms with van der Waals surface area (Å²) in [6, 6.07) is 86.1. The fourth-order valence-electron chi connectivity index (χ4n) is 8.49. The van der Waals surface area contributed by atoms with Gasteiger partial charge in [0.05, 0.1) is 0 Å². The van der Waals surface area contributed by atoms with Crippen LogP contribution in [0.5, 0.6) is 0 Å². The maximum absolute atomic E-state index is 2.38. The van der Waals surface area contributed by atoms with Crippen LogP contribution in [0, 0.1) is 0 Å². The number of benzene rings is 10. The van der Waals surface area contributed by atoms with Gasteiger partial charge in [0.25, 0.3) is 0 Å². The van der Waals surface area contributed by atoms with Gasteiger partial charge < -0.3 is 4.90 Å². The minimum Gasteiger partial charge on any atom is -0.310 e. The molecule has 2 heteroatoms. The molecule has 282 valence electrons. The van der Waals surface area contributed by atoms with Gasteiger partial charge in [0.15, 0.2) is 0 Å². The van der Waals surface area contributed by atoms with E-state index in [1.54, 1.807) is 0 Å². The summed E-state index contributed by atoms with van der Waals surface area (Å²) in [5.74, 6) is 0. The Bertz CT molecular complexity index is 3270. The van der Waals surface area contributed by atoms with Gasteiger partial charge in [-0.3, -0.25) is 0 Å². The normalized spacial score (nSPS) is 11.3. The molecule has 0 N–H and O–H groups in total. The molecule has 0 saturated heterocycles. The van der Waals surface area contributed by atoms with Crippen LogP contribution in [0.15, 0.2) is 237 Å². The van der Waals surface area contributed by atoms with Gasteiger partial charge in [0.2, 0.25) is 0 Å². The van der Waals surface area contributed by atoms with Gasteiger partial charge in [-0.1, -0.05) is 182 Å². The average molecular weight is 782 g/mol. The first kappa shape index (κ1) is 35.6. The van der Waals surface area contributed by atoms with E-state index < -0.39 is 0 Å². The molecule has 0 fully saturated rings. The quantitative estimate of drug-likeness (QED) is 0.148. The minimum atomic E-state index is 1.11. The lowest BCUT2D eigenvalue weighted by Gasteiger charge is -2.26. The summed E-state index contributed by atoms with van der Waals surface area (Å²) in [6.07, 6.45) is 0. The van der Waals surface area contributed by atoms with E-state index in [1.807, 2.05) is 11.3 Å². The summed E-state index contributed by atoms with van der Waals surface area (Å²) in [4.78, 5) is 2.38. The van der Waals surface area contributed by atoms with Crippen LogP contribution >= 0.6 is 11.3 Å². The molecule has 0 aliphatic rings. The standard InChI is InChI=1S/C58H39NS/c1-2-9-40(10-3-1)42-17-19-43(20-18-42)45-27-31-52(32-28-45)59(54-35-36-56-55-15-6-7-16-57(55)60-58(56)39-54)53-33-29-46(30-34-53)44-21-23-47(24-22-44)49-13-8-14-50(37-49)51-26-25-41-11-4-5-12-48(41)38-51/h1-39H. The van der Waals surface area contributed by atoms with Crippen LogP contribution in [0.4, 0.5) is 17.1 Å². The highest BCUT2D eigenvalue weighted by atomic mass is 32.1. The van der Waals surface area contributed by atoms with E-state index in [2.05, 4.69) is 241 Å². The molecule has 11 rings (SSSR count). The van der Waals surface area contributed by atoms with Crippen molar-refractivity contribution in [2.24, 2.45) is 0 Å². The van der Waals surface area contributed by atoms with Crippen LogP contribution in [-0.4, -0.2) is 0 Å². The van der Waals surface area contributed by atoms with Crippen molar-refractivity contribution < 1.29 is 0 Å². The molecular formula is C58H39NS. The summed E-state index contributed by atoms with van der Waals surface area (Å²) in [7, 11) is 0. The predicted molar refractivity (Wildman–Crippen MR) is 259 cm³/mol. The average Bonchev–Trinajstić information content (AvgIpc) is 3.70. The van der Waals surface area contributed by atoms with E-state index >= 15 is 0 Å². The van der Waals surface area contributed by atoms with Crippen LogP contribution in [0.25, 0.3) is 86.6 Å². The summed E-state index contributed by atoms with van der Waals surface area (Å²) < 4.78 is 2.60. The highest BCUT2D eigenvalue weighted by Crippen LogP contribution is 2.42. The SMILES string of the molecule is c1ccc(-c2ccc(-c3ccc(N(c4ccc(-c5ccc(-c6cccc(-c7ccc8ccccc8c7)c6)cc5)cc4)c4ccc5c(c4)sc4ccccc45)cc3)cc2)cc1. The predicted octanol–water partition coefficient (Wildman–Crippen LogP) is 17.0. The van der Waals surface area contributed by atoms with Gasteiger partial charge in [0, 0.05) is 37.2 Å². The molecule has 0 aliphatic heterocycles. The third kappa shape index (κ3) is 6.83. The Morgan fingerprint density at radius 3 is 1.28 bits per heavy atom. The van der Waals surface area contributed by atoms with Crippen LogP contribution in [-0.2, 0) is 0 Å². The number of rotatable bonds is 8. The molecule has 0 radical (unpaired) electrons. The number of fused-ring (bicyclic) bond motifs is 4.